The number of nitriles is 1. The SMILES string of the molecule is CC(C)(O)CCc1cc2cc(C(=O)N3CCC(F)(F)CC3)cnc2n1-c1ccc(C#N)cc1. The zero-order chi connectivity index (χ0) is 23.8. The molecule has 1 saturated heterocycles. The number of halogens is 2. The molecule has 1 aromatic carbocycles. The normalized spacial score (nSPS) is 16.1. The van der Waals surface area contributed by atoms with Gasteiger partial charge in [0.25, 0.3) is 11.8 Å². The van der Waals surface area contributed by atoms with E-state index in [0.29, 0.717) is 29.6 Å². The fourth-order valence-corrected chi connectivity index (χ4v) is 4.08. The lowest BCUT2D eigenvalue weighted by Gasteiger charge is -2.31. The molecule has 172 valence electrons. The Bertz CT molecular complexity index is 1210. The van der Waals surface area contributed by atoms with Gasteiger partial charge in [-0.15, -0.1) is 0 Å². The van der Waals surface area contributed by atoms with Crippen LogP contribution in [0.4, 0.5) is 8.78 Å². The average molecular weight is 453 g/mol. The number of piperidine rings is 1. The van der Waals surface area contributed by atoms with Crippen LogP contribution >= 0.6 is 0 Å². The Balaban J connectivity index is 1.71. The maximum atomic E-state index is 13.5. The monoisotopic (exact) mass is 452 g/mol. The number of likely N-dealkylation sites (tertiary alicyclic amines) is 1. The number of aliphatic hydroxyl groups is 1. The molecule has 1 amide bonds. The minimum absolute atomic E-state index is 0.0208. The summed E-state index contributed by atoms with van der Waals surface area (Å²) in [5, 5.41) is 20.1. The molecule has 6 nitrogen and oxygen atoms in total. The smallest absolute Gasteiger partial charge is 0.255 e. The fourth-order valence-electron chi connectivity index (χ4n) is 4.08. The third-order valence-electron chi connectivity index (χ3n) is 5.99. The lowest BCUT2D eigenvalue weighted by Crippen LogP contribution is -2.42. The van der Waals surface area contributed by atoms with E-state index in [1.807, 2.05) is 22.8 Å². The first-order chi connectivity index (χ1) is 15.6. The van der Waals surface area contributed by atoms with Gasteiger partial charge in [0.1, 0.15) is 5.65 Å². The van der Waals surface area contributed by atoms with Crippen LogP contribution in [0.2, 0.25) is 0 Å². The molecule has 0 unspecified atom stereocenters. The number of nitrogens with zero attached hydrogens (tertiary/aromatic N) is 4. The predicted octanol–water partition coefficient (Wildman–Crippen LogP) is 4.47. The van der Waals surface area contributed by atoms with Crippen molar-refractivity contribution in [2.45, 2.75) is 51.1 Å². The summed E-state index contributed by atoms with van der Waals surface area (Å²) in [4.78, 5) is 18.9. The van der Waals surface area contributed by atoms with Crippen LogP contribution in [0.5, 0.6) is 0 Å². The Morgan fingerprint density at radius 3 is 2.48 bits per heavy atom. The number of rotatable bonds is 5. The number of amides is 1. The number of pyridine rings is 1. The maximum Gasteiger partial charge on any atom is 0.255 e. The lowest BCUT2D eigenvalue weighted by atomic mass is 10.0. The summed E-state index contributed by atoms with van der Waals surface area (Å²) in [7, 11) is 0. The van der Waals surface area contributed by atoms with E-state index in [-0.39, 0.29) is 31.8 Å². The Labute approximate surface area is 191 Å². The van der Waals surface area contributed by atoms with Gasteiger partial charge in [0, 0.05) is 48.9 Å². The summed E-state index contributed by atoms with van der Waals surface area (Å²) in [6, 6.07) is 12.9. The Hall–Kier alpha value is -3.31. The van der Waals surface area contributed by atoms with Crippen LogP contribution in [-0.4, -0.2) is 50.1 Å². The number of carbonyl (C=O) groups excluding carboxylic acids is 1. The van der Waals surface area contributed by atoms with E-state index in [1.165, 1.54) is 11.1 Å². The van der Waals surface area contributed by atoms with Gasteiger partial charge in [0.15, 0.2) is 0 Å². The predicted molar refractivity (Wildman–Crippen MR) is 120 cm³/mol. The molecule has 3 heterocycles. The van der Waals surface area contributed by atoms with Crippen molar-refractivity contribution in [1.29, 1.82) is 5.26 Å². The van der Waals surface area contributed by atoms with E-state index in [9.17, 15) is 18.7 Å². The quantitative estimate of drug-likeness (QED) is 0.619. The first-order valence-corrected chi connectivity index (χ1v) is 11.0. The Kier molecular flexibility index (Phi) is 5.93. The topological polar surface area (TPSA) is 82.2 Å². The van der Waals surface area contributed by atoms with Crippen molar-refractivity contribution in [3.05, 3.63) is 59.4 Å². The number of carbonyl (C=O) groups is 1. The molecular formula is C25H26F2N4O2. The van der Waals surface area contributed by atoms with Gasteiger partial charge in [-0.3, -0.25) is 9.36 Å². The Morgan fingerprint density at radius 2 is 1.88 bits per heavy atom. The van der Waals surface area contributed by atoms with Crippen molar-refractivity contribution >= 4 is 16.9 Å². The number of aryl methyl sites for hydroxylation is 1. The molecule has 33 heavy (non-hydrogen) atoms. The second-order valence-electron chi connectivity index (χ2n) is 9.23. The molecule has 0 saturated carbocycles. The van der Waals surface area contributed by atoms with Crippen molar-refractivity contribution in [3.8, 4) is 11.8 Å². The first-order valence-electron chi connectivity index (χ1n) is 11.0. The van der Waals surface area contributed by atoms with E-state index in [0.717, 1.165) is 16.8 Å². The third-order valence-corrected chi connectivity index (χ3v) is 5.99. The van der Waals surface area contributed by atoms with Gasteiger partial charge in [0.05, 0.1) is 22.8 Å². The molecule has 1 aliphatic heterocycles. The molecule has 8 heteroatoms. The van der Waals surface area contributed by atoms with Crippen LogP contribution in [0, 0.1) is 11.3 Å². The molecule has 3 aromatic rings. The molecule has 0 bridgehead atoms. The molecule has 0 spiro atoms. The van der Waals surface area contributed by atoms with Gasteiger partial charge in [-0.2, -0.15) is 5.26 Å². The van der Waals surface area contributed by atoms with Crippen molar-refractivity contribution < 1.29 is 18.7 Å². The summed E-state index contributed by atoms with van der Waals surface area (Å²) in [6.07, 6.45) is 1.92. The molecule has 1 aliphatic rings. The van der Waals surface area contributed by atoms with E-state index < -0.39 is 11.5 Å². The lowest BCUT2D eigenvalue weighted by molar-refractivity contribution is -0.0494. The van der Waals surface area contributed by atoms with Gasteiger partial charge >= 0.3 is 0 Å². The van der Waals surface area contributed by atoms with Crippen LogP contribution in [0.3, 0.4) is 0 Å². The van der Waals surface area contributed by atoms with Gasteiger partial charge in [0.2, 0.25) is 0 Å². The Morgan fingerprint density at radius 1 is 1.21 bits per heavy atom. The average Bonchev–Trinajstić information content (AvgIpc) is 3.14. The van der Waals surface area contributed by atoms with Gasteiger partial charge in [-0.25, -0.2) is 13.8 Å². The minimum Gasteiger partial charge on any atom is -0.390 e. The van der Waals surface area contributed by atoms with Crippen molar-refractivity contribution in [2.24, 2.45) is 0 Å². The van der Waals surface area contributed by atoms with E-state index in [4.69, 9.17) is 5.26 Å². The van der Waals surface area contributed by atoms with Gasteiger partial charge < -0.3 is 10.0 Å². The molecule has 0 aliphatic carbocycles. The van der Waals surface area contributed by atoms with E-state index in [2.05, 4.69) is 11.1 Å². The van der Waals surface area contributed by atoms with Crippen LogP contribution in [-0.2, 0) is 6.42 Å². The van der Waals surface area contributed by atoms with Crippen molar-refractivity contribution in [2.75, 3.05) is 13.1 Å². The third kappa shape index (κ3) is 5.04. The molecule has 2 aromatic heterocycles. The second-order valence-corrected chi connectivity index (χ2v) is 9.23. The molecule has 0 atom stereocenters. The highest BCUT2D eigenvalue weighted by molar-refractivity contribution is 5.97. The van der Waals surface area contributed by atoms with Crippen LogP contribution in [0.1, 0.15) is 54.7 Å². The number of fused-ring (bicyclic) bond motifs is 1. The fraction of sp³-hybridized carbons (Fsp3) is 0.400. The van der Waals surface area contributed by atoms with Gasteiger partial charge in [-0.05, 0) is 63.1 Å². The number of alkyl halides is 2. The number of hydrogen-bond acceptors (Lipinski definition) is 4. The van der Waals surface area contributed by atoms with Crippen molar-refractivity contribution in [3.63, 3.8) is 0 Å². The number of hydrogen-bond donors (Lipinski definition) is 1. The van der Waals surface area contributed by atoms with Gasteiger partial charge in [-0.1, -0.05) is 0 Å². The summed E-state index contributed by atoms with van der Waals surface area (Å²) in [5.41, 5.74) is 2.43. The highest BCUT2D eigenvalue weighted by atomic mass is 19.3. The highest BCUT2D eigenvalue weighted by Gasteiger charge is 2.36. The summed E-state index contributed by atoms with van der Waals surface area (Å²) < 4.78 is 28.9. The standard InChI is InChI=1S/C25H26F2N4O2/c1-24(2,33)8-7-21-14-18-13-19(23(32)30-11-9-25(26,27)10-12-30)16-29-22(18)31(21)20-5-3-17(15-28)4-6-20/h3-6,13-14,16,33H,7-12H2,1-2H3. The maximum absolute atomic E-state index is 13.5. The molecule has 1 fully saturated rings. The van der Waals surface area contributed by atoms with E-state index >= 15 is 0 Å². The molecule has 4 rings (SSSR count). The summed E-state index contributed by atoms with van der Waals surface area (Å²) >= 11 is 0. The number of benzene rings is 1. The molecule has 0 radical (unpaired) electrons. The zero-order valence-electron chi connectivity index (χ0n) is 18.7. The zero-order valence-corrected chi connectivity index (χ0v) is 18.7. The highest BCUT2D eigenvalue weighted by Crippen LogP contribution is 2.30. The second kappa shape index (κ2) is 8.56. The van der Waals surface area contributed by atoms with Crippen molar-refractivity contribution in [1.82, 2.24) is 14.5 Å². The summed E-state index contributed by atoms with van der Waals surface area (Å²) in [6.45, 7) is 3.54. The molecular weight excluding hydrogens is 426 g/mol. The molecule has 1 N–H and O–H groups in total. The van der Waals surface area contributed by atoms with E-state index in [1.54, 1.807) is 32.0 Å². The summed E-state index contributed by atoms with van der Waals surface area (Å²) in [5.74, 6) is -3.02. The largest absolute Gasteiger partial charge is 0.390 e. The minimum atomic E-state index is -2.72. The van der Waals surface area contributed by atoms with Crippen LogP contribution < -0.4 is 0 Å². The van der Waals surface area contributed by atoms with Crippen LogP contribution in [0.25, 0.3) is 16.7 Å². The first kappa shape index (κ1) is 22.9. The van der Waals surface area contributed by atoms with Crippen LogP contribution in [0.15, 0.2) is 42.6 Å². The number of aromatic nitrogens is 2.